The van der Waals surface area contributed by atoms with Crippen LogP contribution >= 0.6 is 0 Å². The number of anilines is 1. The molecule has 1 unspecified atom stereocenters. The van der Waals surface area contributed by atoms with Crippen molar-refractivity contribution in [2.24, 2.45) is 0 Å². The normalized spacial score (nSPS) is 15.9. The van der Waals surface area contributed by atoms with Crippen molar-refractivity contribution in [1.82, 2.24) is 4.72 Å². The minimum absolute atomic E-state index is 0.0889. The summed E-state index contributed by atoms with van der Waals surface area (Å²) in [6.07, 6.45) is -0.883. The van der Waals surface area contributed by atoms with Crippen LogP contribution in [0.1, 0.15) is 38.9 Å². The number of benzene rings is 2. The van der Waals surface area contributed by atoms with Gasteiger partial charge in [0.2, 0.25) is 10.0 Å². The third-order valence-electron chi connectivity index (χ3n) is 5.71. The Hall–Kier alpha value is -2.32. The quantitative estimate of drug-likeness (QED) is 0.619. The number of fused-ring (bicyclic) bond motifs is 4. The maximum atomic E-state index is 14.0. The highest BCUT2D eigenvalue weighted by molar-refractivity contribution is 7.89. The molecule has 0 radical (unpaired) electrons. The van der Waals surface area contributed by atoms with Gasteiger partial charge in [0.15, 0.2) is 0 Å². The number of nitrogens with one attached hydrogen (secondary N) is 2. The molecule has 1 aliphatic heterocycles. The van der Waals surface area contributed by atoms with Gasteiger partial charge in [-0.15, -0.1) is 0 Å². The fraction of sp³-hybridized carbons (Fsp3) is 0.364. The van der Waals surface area contributed by atoms with Gasteiger partial charge in [-0.1, -0.05) is 29.8 Å². The van der Waals surface area contributed by atoms with Crippen LogP contribution in [0.25, 0.3) is 12.2 Å². The second-order valence-corrected chi connectivity index (χ2v) is 9.70. The monoisotopic (exact) mass is 436 g/mol. The van der Waals surface area contributed by atoms with Crippen molar-refractivity contribution in [1.29, 1.82) is 0 Å². The van der Waals surface area contributed by atoms with E-state index in [-0.39, 0.29) is 4.90 Å². The lowest BCUT2D eigenvalue weighted by Gasteiger charge is -2.24. The number of rotatable bonds is 5. The molecular formula is C22H23F3N2O2S. The van der Waals surface area contributed by atoms with Gasteiger partial charge in [0.1, 0.15) is 6.04 Å². The van der Waals surface area contributed by atoms with Crippen LogP contribution in [0, 0.1) is 20.8 Å². The van der Waals surface area contributed by atoms with E-state index in [0.717, 1.165) is 27.9 Å². The minimum atomic E-state index is -4.73. The van der Waals surface area contributed by atoms with Crippen LogP contribution in [0.2, 0.25) is 0 Å². The molecule has 0 aromatic heterocycles. The third kappa shape index (κ3) is 3.63. The molecule has 8 heteroatoms. The summed E-state index contributed by atoms with van der Waals surface area (Å²) in [7, 11) is -4.37. The molecule has 1 atom stereocenters. The molecular weight excluding hydrogens is 413 g/mol. The molecule has 2 aromatic rings. The fourth-order valence-electron chi connectivity index (χ4n) is 4.59. The summed E-state index contributed by atoms with van der Waals surface area (Å²) in [6.45, 7) is 5.67. The van der Waals surface area contributed by atoms with E-state index in [9.17, 15) is 21.6 Å². The molecule has 0 spiro atoms. The molecule has 4 rings (SSSR count). The van der Waals surface area contributed by atoms with E-state index < -0.39 is 28.7 Å². The Kier molecular flexibility index (Phi) is 4.97. The average molecular weight is 436 g/mol. The zero-order chi connectivity index (χ0) is 21.8. The summed E-state index contributed by atoms with van der Waals surface area (Å²) in [4.78, 5) is -0.0889. The van der Waals surface area contributed by atoms with Crippen molar-refractivity contribution in [2.75, 3.05) is 11.9 Å². The Morgan fingerprint density at radius 2 is 1.70 bits per heavy atom. The predicted molar refractivity (Wildman–Crippen MR) is 112 cm³/mol. The highest BCUT2D eigenvalue weighted by Crippen LogP contribution is 2.39. The first-order chi connectivity index (χ1) is 14.0. The van der Waals surface area contributed by atoms with Crippen LogP contribution in [-0.2, 0) is 22.9 Å². The fourth-order valence-corrected chi connectivity index (χ4v) is 6.26. The Morgan fingerprint density at radius 3 is 2.33 bits per heavy atom. The van der Waals surface area contributed by atoms with Gasteiger partial charge in [0.05, 0.1) is 4.90 Å². The predicted octanol–water partition coefficient (Wildman–Crippen LogP) is 4.52. The summed E-state index contributed by atoms with van der Waals surface area (Å²) < 4.78 is 69.8. The molecule has 0 saturated heterocycles. The first kappa shape index (κ1) is 20.9. The van der Waals surface area contributed by atoms with Gasteiger partial charge in [-0.05, 0) is 73.1 Å². The van der Waals surface area contributed by atoms with Crippen molar-refractivity contribution in [3.8, 4) is 0 Å². The lowest BCUT2D eigenvalue weighted by molar-refractivity contribution is -0.151. The van der Waals surface area contributed by atoms with Crippen LogP contribution < -0.4 is 10.0 Å². The molecule has 30 heavy (non-hydrogen) atoms. The lowest BCUT2D eigenvalue weighted by atomic mass is 9.94. The number of halogens is 3. The third-order valence-corrected chi connectivity index (χ3v) is 7.48. The van der Waals surface area contributed by atoms with E-state index in [4.69, 9.17) is 0 Å². The van der Waals surface area contributed by atoms with Crippen molar-refractivity contribution in [3.05, 3.63) is 57.1 Å². The SMILES string of the molecule is Cc1cc(C)c(S(=O)(=O)NC(Cc2c3cc(c4c2CCN4)C=C3)C(F)(F)F)c(C)c1. The summed E-state index contributed by atoms with van der Waals surface area (Å²) in [5, 5.41) is 3.23. The molecule has 0 fully saturated rings. The second kappa shape index (κ2) is 7.13. The standard InChI is InChI=1S/C22H23F3N2O2S/c1-12-8-13(2)21(14(3)9-12)30(28,29)27-19(22(23,24)25)11-18-15-4-5-16(10-15)20-17(18)6-7-26-20/h4-5,8-10,19,26-27H,6-7,11H2,1-3H3. The largest absolute Gasteiger partial charge is 0.405 e. The van der Waals surface area contributed by atoms with Gasteiger partial charge < -0.3 is 5.32 Å². The van der Waals surface area contributed by atoms with Crippen molar-refractivity contribution < 1.29 is 21.6 Å². The van der Waals surface area contributed by atoms with Crippen LogP contribution in [0.15, 0.2) is 23.1 Å². The summed E-state index contributed by atoms with van der Waals surface area (Å²) in [5.41, 5.74) is 5.66. The lowest BCUT2D eigenvalue weighted by Crippen LogP contribution is -2.47. The van der Waals surface area contributed by atoms with Gasteiger partial charge in [-0.25, -0.2) is 8.42 Å². The Bertz CT molecular complexity index is 1140. The van der Waals surface area contributed by atoms with E-state index in [1.807, 2.05) is 23.8 Å². The second-order valence-electron chi connectivity index (χ2n) is 8.04. The molecule has 1 heterocycles. The summed E-state index contributed by atoms with van der Waals surface area (Å²) >= 11 is 0. The van der Waals surface area contributed by atoms with Crippen LogP contribution in [0.4, 0.5) is 18.9 Å². The molecule has 160 valence electrons. The van der Waals surface area contributed by atoms with Crippen LogP contribution in [0.5, 0.6) is 0 Å². The van der Waals surface area contributed by atoms with Gasteiger partial charge in [-0.3, -0.25) is 0 Å². The maximum Gasteiger partial charge on any atom is 0.405 e. The van der Waals surface area contributed by atoms with Crippen LogP contribution in [-0.4, -0.2) is 27.2 Å². The van der Waals surface area contributed by atoms with Crippen molar-refractivity contribution in [2.45, 2.75) is 50.7 Å². The number of alkyl halides is 3. The Morgan fingerprint density at radius 1 is 1.07 bits per heavy atom. The number of sulfonamides is 1. The zero-order valence-electron chi connectivity index (χ0n) is 16.9. The van der Waals surface area contributed by atoms with Gasteiger partial charge in [0, 0.05) is 12.2 Å². The van der Waals surface area contributed by atoms with Crippen molar-refractivity contribution >= 4 is 27.9 Å². The molecule has 2 aliphatic rings. The average Bonchev–Trinajstić information content (AvgIpc) is 3.24. The number of hydrogen-bond donors (Lipinski definition) is 2. The molecule has 0 amide bonds. The van der Waals surface area contributed by atoms with E-state index in [0.29, 0.717) is 29.7 Å². The number of aryl methyl sites for hydroxylation is 3. The van der Waals surface area contributed by atoms with Gasteiger partial charge >= 0.3 is 6.18 Å². The molecule has 2 bridgehead atoms. The number of hydrogen-bond acceptors (Lipinski definition) is 3. The van der Waals surface area contributed by atoms with E-state index in [1.54, 1.807) is 32.1 Å². The zero-order valence-corrected chi connectivity index (χ0v) is 17.8. The van der Waals surface area contributed by atoms with E-state index >= 15 is 0 Å². The Balaban J connectivity index is 1.72. The van der Waals surface area contributed by atoms with Gasteiger partial charge in [0.25, 0.3) is 0 Å². The van der Waals surface area contributed by atoms with Gasteiger partial charge in [-0.2, -0.15) is 17.9 Å². The molecule has 0 saturated carbocycles. The van der Waals surface area contributed by atoms with Crippen LogP contribution in [0.3, 0.4) is 0 Å². The highest BCUT2D eigenvalue weighted by Gasteiger charge is 2.43. The molecule has 2 aromatic carbocycles. The maximum absolute atomic E-state index is 14.0. The molecule has 1 aliphatic carbocycles. The summed E-state index contributed by atoms with van der Waals surface area (Å²) in [5.74, 6) is 0. The first-order valence-corrected chi connectivity index (χ1v) is 11.2. The molecule has 2 N–H and O–H groups in total. The Labute approximate surface area is 174 Å². The van der Waals surface area contributed by atoms with Crippen molar-refractivity contribution in [3.63, 3.8) is 0 Å². The van der Waals surface area contributed by atoms with E-state index in [1.165, 1.54) is 0 Å². The minimum Gasteiger partial charge on any atom is -0.384 e. The smallest absolute Gasteiger partial charge is 0.384 e. The summed E-state index contributed by atoms with van der Waals surface area (Å²) in [6, 6.07) is 2.95. The molecule has 4 nitrogen and oxygen atoms in total. The topological polar surface area (TPSA) is 58.2 Å². The first-order valence-electron chi connectivity index (χ1n) is 9.75. The highest BCUT2D eigenvalue weighted by atomic mass is 32.2. The van der Waals surface area contributed by atoms with E-state index in [2.05, 4.69) is 5.32 Å².